The summed E-state index contributed by atoms with van der Waals surface area (Å²) in [6.45, 7) is 5.05. The number of anilines is 1. The summed E-state index contributed by atoms with van der Waals surface area (Å²) >= 11 is 7.58. The molecule has 0 bridgehead atoms. The van der Waals surface area contributed by atoms with Crippen molar-refractivity contribution >= 4 is 43.9 Å². The van der Waals surface area contributed by atoms with Gasteiger partial charge in [0, 0.05) is 17.5 Å². The Kier molecular flexibility index (Phi) is 5.22. The van der Waals surface area contributed by atoms with Crippen LogP contribution in [0.5, 0.6) is 5.75 Å². The first-order valence-electron chi connectivity index (χ1n) is 10.6. The smallest absolute Gasteiger partial charge is 0.258 e. The van der Waals surface area contributed by atoms with Gasteiger partial charge in [-0.2, -0.15) is 5.26 Å². The number of halogens is 3. The van der Waals surface area contributed by atoms with Crippen molar-refractivity contribution in [2.45, 2.75) is 26.3 Å². The van der Waals surface area contributed by atoms with Crippen LogP contribution in [0.15, 0.2) is 18.2 Å². The molecule has 0 radical (unpaired) electrons. The average Bonchev–Trinajstić information content (AvgIpc) is 3.06. The van der Waals surface area contributed by atoms with E-state index in [4.69, 9.17) is 22.1 Å². The Balaban J connectivity index is 1.71. The zero-order valence-corrected chi connectivity index (χ0v) is 19.5. The lowest BCUT2D eigenvalue weighted by molar-refractivity contribution is 0.0383. The molecule has 170 valence electrons. The Hall–Kier alpha value is -2.89. The highest BCUT2D eigenvalue weighted by Crippen LogP contribution is 2.47. The molecule has 33 heavy (non-hydrogen) atoms. The summed E-state index contributed by atoms with van der Waals surface area (Å²) in [4.78, 5) is 15.1. The number of amides is 1. The molecule has 1 fully saturated rings. The van der Waals surface area contributed by atoms with Gasteiger partial charge in [0.25, 0.3) is 5.91 Å². The van der Waals surface area contributed by atoms with E-state index < -0.39 is 11.6 Å². The molecule has 1 aromatic heterocycles. The minimum absolute atomic E-state index is 0.0517. The third-order valence-corrected chi connectivity index (χ3v) is 8.21. The van der Waals surface area contributed by atoms with E-state index in [1.807, 2.05) is 6.07 Å². The summed E-state index contributed by atoms with van der Waals surface area (Å²) in [5.74, 6) is -0.800. The lowest BCUT2D eigenvalue weighted by Crippen LogP contribution is -2.50. The first-order chi connectivity index (χ1) is 15.7. The number of hydrogen-bond donors (Lipinski definition) is 1. The van der Waals surface area contributed by atoms with Gasteiger partial charge in [-0.15, -0.1) is 11.3 Å². The van der Waals surface area contributed by atoms with E-state index in [9.17, 15) is 14.4 Å². The van der Waals surface area contributed by atoms with Gasteiger partial charge in [-0.05, 0) is 36.0 Å². The molecule has 0 spiro atoms. The van der Waals surface area contributed by atoms with Crippen LogP contribution in [0.4, 0.5) is 13.8 Å². The van der Waals surface area contributed by atoms with Crippen LogP contribution in [0.3, 0.4) is 0 Å². The summed E-state index contributed by atoms with van der Waals surface area (Å²) in [5.41, 5.74) is 6.22. The summed E-state index contributed by atoms with van der Waals surface area (Å²) < 4.78 is 36.2. The third kappa shape index (κ3) is 3.25. The topological polar surface area (TPSA) is 79.3 Å². The molecule has 2 aliphatic rings. The lowest BCUT2D eigenvalue weighted by Gasteiger charge is -2.40. The molecule has 1 amide bonds. The summed E-state index contributed by atoms with van der Waals surface area (Å²) in [6.07, 6.45) is 0.784. The lowest BCUT2D eigenvalue weighted by atomic mass is 9.84. The maximum absolute atomic E-state index is 15.5. The average molecular weight is 488 g/mol. The molecule has 3 heterocycles. The number of nitrogen functional groups attached to an aromatic ring is 1. The second-order valence-corrected chi connectivity index (χ2v) is 10.2. The monoisotopic (exact) mass is 487 g/mol. The predicted molar refractivity (Wildman–Crippen MR) is 125 cm³/mol. The molecule has 1 saturated heterocycles. The fraction of sp³-hybridized carbons (Fsp3) is 0.333. The molecular weight excluding hydrogens is 468 g/mol. The molecule has 3 aromatic rings. The number of fused-ring (bicyclic) bond motifs is 3. The molecule has 2 aliphatic heterocycles. The summed E-state index contributed by atoms with van der Waals surface area (Å²) in [5, 5.41) is 9.83. The highest BCUT2D eigenvalue weighted by Gasteiger charge is 2.39. The molecule has 0 aliphatic carbocycles. The normalized spacial score (nSPS) is 22.4. The van der Waals surface area contributed by atoms with Gasteiger partial charge in [-0.25, -0.2) is 8.78 Å². The highest BCUT2D eigenvalue weighted by molar-refractivity contribution is 7.23. The standard InChI is InChI=1S/C24H20ClF2N3O2S/c1-10-5-12-9-32-21-14(24(31)30(12)8-11(10)2)6-17(27)19(20(21)25)13-3-4-16(26)22-18(13)15(7-28)23(29)33-22/h3-4,6,10-12H,5,8-9,29H2,1-2H3. The van der Waals surface area contributed by atoms with Crippen molar-refractivity contribution in [3.05, 3.63) is 46.0 Å². The fourth-order valence-electron chi connectivity index (χ4n) is 4.83. The number of thiophene rings is 1. The number of ether oxygens (including phenoxy) is 1. The number of piperidine rings is 1. The van der Waals surface area contributed by atoms with Gasteiger partial charge < -0.3 is 15.4 Å². The van der Waals surface area contributed by atoms with E-state index in [1.165, 1.54) is 12.1 Å². The SMILES string of the molecule is CC1CC2COc3c(cc(F)c(-c4ccc(F)c5sc(N)c(C#N)c45)c3Cl)C(=O)N2CC1C. The van der Waals surface area contributed by atoms with Gasteiger partial charge >= 0.3 is 0 Å². The third-order valence-electron chi connectivity index (χ3n) is 6.82. The van der Waals surface area contributed by atoms with Gasteiger partial charge in [-0.3, -0.25) is 4.79 Å². The van der Waals surface area contributed by atoms with Crippen LogP contribution in [0.1, 0.15) is 36.2 Å². The quantitative estimate of drug-likeness (QED) is 0.468. The Labute approximate surface area is 198 Å². The number of nitrogens with two attached hydrogens (primary N) is 1. The van der Waals surface area contributed by atoms with Crippen LogP contribution in [0.25, 0.3) is 21.2 Å². The zero-order valence-electron chi connectivity index (χ0n) is 17.9. The Morgan fingerprint density at radius 3 is 2.73 bits per heavy atom. The van der Waals surface area contributed by atoms with Crippen molar-refractivity contribution in [3.8, 4) is 22.9 Å². The van der Waals surface area contributed by atoms with Gasteiger partial charge in [0.05, 0.1) is 26.9 Å². The molecule has 3 atom stereocenters. The number of nitrogens with zero attached hydrogens (tertiary/aromatic N) is 2. The number of benzene rings is 2. The maximum Gasteiger partial charge on any atom is 0.258 e. The van der Waals surface area contributed by atoms with Crippen molar-refractivity contribution in [3.63, 3.8) is 0 Å². The minimum Gasteiger partial charge on any atom is -0.489 e. The first kappa shape index (κ1) is 21.9. The molecule has 9 heteroatoms. The van der Waals surface area contributed by atoms with Crippen molar-refractivity contribution in [1.29, 1.82) is 5.26 Å². The number of hydrogen-bond acceptors (Lipinski definition) is 5. The maximum atomic E-state index is 15.5. The van der Waals surface area contributed by atoms with E-state index in [0.717, 1.165) is 23.8 Å². The van der Waals surface area contributed by atoms with Crippen LogP contribution >= 0.6 is 22.9 Å². The fourth-order valence-corrected chi connectivity index (χ4v) is 6.12. The Bertz CT molecular complexity index is 1370. The van der Waals surface area contributed by atoms with Crippen LogP contribution in [0, 0.1) is 34.8 Å². The van der Waals surface area contributed by atoms with Crippen molar-refractivity contribution in [2.75, 3.05) is 18.9 Å². The van der Waals surface area contributed by atoms with Crippen molar-refractivity contribution in [2.24, 2.45) is 11.8 Å². The van der Waals surface area contributed by atoms with Gasteiger partial charge in [0.15, 0.2) is 5.75 Å². The van der Waals surface area contributed by atoms with Gasteiger partial charge in [0.1, 0.15) is 29.3 Å². The molecule has 2 N–H and O–H groups in total. The number of rotatable bonds is 1. The highest BCUT2D eigenvalue weighted by atomic mass is 35.5. The predicted octanol–water partition coefficient (Wildman–Crippen LogP) is 5.83. The molecular formula is C24H20ClF2N3O2S. The van der Waals surface area contributed by atoms with E-state index in [-0.39, 0.29) is 66.7 Å². The number of nitriles is 1. The van der Waals surface area contributed by atoms with Gasteiger partial charge in [-0.1, -0.05) is 31.5 Å². The van der Waals surface area contributed by atoms with Crippen LogP contribution in [-0.4, -0.2) is 30.0 Å². The van der Waals surface area contributed by atoms with E-state index in [0.29, 0.717) is 18.4 Å². The summed E-state index contributed by atoms with van der Waals surface area (Å²) in [7, 11) is 0. The van der Waals surface area contributed by atoms with E-state index >= 15 is 4.39 Å². The van der Waals surface area contributed by atoms with Crippen molar-refractivity contribution in [1.82, 2.24) is 4.90 Å². The van der Waals surface area contributed by atoms with E-state index in [2.05, 4.69) is 13.8 Å². The van der Waals surface area contributed by atoms with Crippen LogP contribution in [-0.2, 0) is 0 Å². The van der Waals surface area contributed by atoms with Crippen molar-refractivity contribution < 1.29 is 18.3 Å². The Morgan fingerprint density at radius 2 is 2.00 bits per heavy atom. The van der Waals surface area contributed by atoms with Gasteiger partial charge in [0.2, 0.25) is 0 Å². The Morgan fingerprint density at radius 1 is 1.24 bits per heavy atom. The summed E-state index contributed by atoms with van der Waals surface area (Å²) in [6, 6.07) is 5.53. The first-order valence-corrected chi connectivity index (χ1v) is 11.8. The second-order valence-electron chi connectivity index (χ2n) is 8.79. The van der Waals surface area contributed by atoms with E-state index in [1.54, 1.807) is 4.90 Å². The van der Waals surface area contributed by atoms with Crippen LogP contribution < -0.4 is 10.5 Å². The molecule has 5 rings (SSSR count). The zero-order chi connectivity index (χ0) is 23.6. The number of carbonyl (C=O) groups is 1. The molecule has 5 nitrogen and oxygen atoms in total. The minimum atomic E-state index is -0.755. The number of carbonyl (C=O) groups excluding carboxylic acids is 1. The largest absolute Gasteiger partial charge is 0.489 e. The second kappa shape index (κ2) is 7.86. The van der Waals surface area contributed by atoms with Crippen LogP contribution in [0.2, 0.25) is 5.02 Å². The molecule has 3 unspecified atom stereocenters. The molecule has 2 aromatic carbocycles. The molecule has 0 saturated carbocycles.